The Morgan fingerprint density at radius 1 is 0.871 bits per heavy atom. The zero-order valence-corrected chi connectivity index (χ0v) is 18.2. The number of hydrogen-bond donors (Lipinski definition) is 0. The van der Waals surface area contributed by atoms with Gasteiger partial charge in [0.1, 0.15) is 5.75 Å². The van der Waals surface area contributed by atoms with Gasteiger partial charge in [-0.15, -0.1) is 13.2 Å². The summed E-state index contributed by atoms with van der Waals surface area (Å²) in [6.07, 6.45) is 14.2. The topological polar surface area (TPSA) is 33.0 Å². The molecule has 0 atom stereocenters. The molecule has 3 rings (SSSR count). The Kier molecular flexibility index (Phi) is 8.87. The first-order chi connectivity index (χ1) is 14.9. The highest BCUT2D eigenvalue weighted by Crippen LogP contribution is 2.39. The largest absolute Gasteiger partial charge is 0.573 e. The summed E-state index contributed by atoms with van der Waals surface area (Å²) in [5, 5.41) is 8.64. The first kappa shape index (κ1) is 23.7. The molecule has 2 aliphatic carbocycles. The molecular weight excluding hydrogens is 399 g/mol. The van der Waals surface area contributed by atoms with E-state index in [1.165, 1.54) is 76.3 Å². The van der Waals surface area contributed by atoms with Crippen LogP contribution in [0.15, 0.2) is 36.4 Å². The first-order valence-electron chi connectivity index (χ1n) is 11.8. The lowest BCUT2D eigenvalue weighted by molar-refractivity contribution is -0.274. The van der Waals surface area contributed by atoms with E-state index in [0.29, 0.717) is 11.8 Å². The minimum absolute atomic E-state index is 0.142. The van der Waals surface area contributed by atoms with Crippen LogP contribution in [0, 0.1) is 29.1 Å². The van der Waals surface area contributed by atoms with E-state index in [0.717, 1.165) is 30.2 Å². The number of hydrogen-bond acceptors (Lipinski definition) is 2. The smallest absolute Gasteiger partial charge is 0.406 e. The Hall–Kier alpha value is -1.96. The molecule has 5 heteroatoms. The van der Waals surface area contributed by atoms with Crippen molar-refractivity contribution < 1.29 is 17.9 Å². The minimum Gasteiger partial charge on any atom is -0.406 e. The van der Waals surface area contributed by atoms with E-state index in [1.807, 2.05) is 0 Å². The van der Waals surface area contributed by atoms with E-state index in [2.05, 4.69) is 16.9 Å². The number of alkyl halides is 3. The van der Waals surface area contributed by atoms with Crippen molar-refractivity contribution in [3.8, 4) is 11.8 Å². The third-order valence-electron chi connectivity index (χ3n) is 7.24. The molecule has 2 fully saturated rings. The second-order valence-corrected chi connectivity index (χ2v) is 9.39. The highest BCUT2D eigenvalue weighted by Gasteiger charge is 2.31. The van der Waals surface area contributed by atoms with Gasteiger partial charge >= 0.3 is 6.36 Å². The molecule has 0 radical (unpaired) electrons. The van der Waals surface area contributed by atoms with Gasteiger partial charge in [0.05, 0.1) is 6.07 Å². The van der Waals surface area contributed by atoms with Crippen molar-refractivity contribution in [1.82, 2.24) is 0 Å². The molecule has 31 heavy (non-hydrogen) atoms. The number of ether oxygens (including phenoxy) is 1. The van der Waals surface area contributed by atoms with Gasteiger partial charge in [0.15, 0.2) is 0 Å². The second kappa shape index (κ2) is 11.6. The SMILES string of the molecule is N#CC=CC1CCC(CCCCC2CCC(c3ccc(OC(F)(F)F)cc3)CC2)CC1. The van der Waals surface area contributed by atoms with Crippen LogP contribution >= 0.6 is 0 Å². The Balaban J connectivity index is 1.29. The Morgan fingerprint density at radius 3 is 1.94 bits per heavy atom. The highest BCUT2D eigenvalue weighted by atomic mass is 19.4. The van der Waals surface area contributed by atoms with Gasteiger partial charge in [-0.3, -0.25) is 0 Å². The van der Waals surface area contributed by atoms with Gasteiger partial charge in [0.2, 0.25) is 0 Å². The number of benzene rings is 1. The molecular formula is C26H34F3NO. The van der Waals surface area contributed by atoms with Crippen LogP contribution in [0.1, 0.15) is 88.5 Å². The maximum Gasteiger partial charge on any atom is 0.573 e. The van der Waals surface area contributed by atoms with Crippen molar-refractivity contribution >= 4 is 0 Å². The van der Waals surface area contributed by atoms with Crippen LogP contribution in [0.25, 0.3) is 0 Å². The Morgan fingerprint density at radius 2 is 1.42 bits per heavy atom. The Bertz CT molecular complexity index is 719. The molecule has 0 heterocycles. The molecule has 0 aromatic heterocycles. The lowest BCUT2D eigenvalue weighted by Crippen LogP contribution is -2.17. The van der Waals surface area contributed by atoms with Crippen LogP contribution in [0.3, 0.4) is 0 Å². The van der Waals surface area contributed by atoms with E-state index in [1.54, 1.807) is 18.2 Å². The molecule has 0 amide bonds. The molecule has 2 saturated carbocycles. The summed E-state index contributed by atoms with van der Waals surface area (Å²) in [5.41, 5.74) is 1.13. The molecule has 0 bridgehead atoms. The molecule has 170 valence electrons. The highest BCUT2D eigenvalue weighted by molar-refractivity contribution is 5.29. The molecule has 0 aliphatic heterocycles. The quantitative estimate of drug-likeness (QED) is 0.305. The fraction of sp³-hybridized carbons (Fsp3) is 0.654. The standard InChI is InChI=1S/C26H34F3NO/c27-26(28,29)31-25-17-15-24(16-18-25)23-13-11-21(12-14-23)5-2-1-4-20-7-9-22(10-8-20)6-3-19-30/h3,6,15-18,20-23H,1-2,4-5,7-14H2. The third kappa shape index (κ3) is 8.24. The van der Waals surface area contributed by atoms with Gasteiger partial charge < -0.3 is 4.74 Å². The average molecular weight is 434 g/mol. The molecule has 0 saturated heterocycles. The van der Waals surface area contributed by atoms with E-state index < -0.39 is 6.36 Å². The zero-order chi connectivity index (χ0) is 22.1. The number of nitrogens with zero attached hydrogens (tertiary/aromatic N) is 1. The van der Waals surface area contributed by atoms with Crippen molar-refractivity contribution in [3.05, 3.63) is 42.0 Å². The number of unbranched alkanes of at least 4 members (excludes halogenated alkanes) is 1. The van der Waals surface area contributed by atoms with Gasteiger partial charge in [0.25, 0.3) is 0 Å². The minimum atomic E-state index is -4.63. The van der Waals surface area contributed by atoms with Crippen LogP contribution in [-0.2, 0) is 0 Å². The number of nitriles is 1. The molecule has 1 aromatic carbocycles. The van der Waals surface area contributed by atoms with E-state index in [4.69, 9.17) is 5.26 Å². The zero-order valence-electron chi connectivity index (χ0n) is 18.2. The number of halogens is 3. The van der Waals surface area contributed by atoms with Crippen LogP contribution in [0.5, 0.6) is 5.75 Å². The second-order valence-electron chi connectivity index (χ2n) is 9.39. The summed E-state index contributed by atoms with van der Waals surface area (Å²) in [6.45, 7) is 0. The van der Waals surface area contributed by atoms with E-state index in [-0.39, 0.29) is 5.75 Å². The summed E-state index contributed by atoms with van der Waals surface area (Å²) in [4.78, 5) is 0. The molecule has 0 unspecified atom stereocenters. The summed E-state index contributed by atoms with van der Waals surface area (Å²) < 4.78 is 40.8. The van der Waals surface area contributed by atoms with Gasteiger partial charge in [-0.2, -0.15) is 5.26 Å². The fourth-order valence-corrected chi connectivity index (χ4v) is 5.44. The van der Waals surface area contributed by atoms with Crippen molar-refractivity contribution in [1.29, 1.82) is 5.26 Å². The van der Waals surface area contributed by atoms with Gasteiger partial charge in [-0.05, 0) is 92.7 Å². The molecule has 2 aliphatic rings. The van der Waals surface area contributed by atoms with Crippen molar-refractivity contribution in [2.24, 2.45) is 17.8 Å². The van der Waals surface area contributed by atoms with Crippen LogP contribution in [0.2, 0.25) is 0 Å². The fourth-order valence-electron chi connectivity index (χ4n) is 5.44. The number of rotatable bonds is 8. The van der Waals surface area contributed by atoms with Crippen molar-refractivity contribution in [3.63, 3.8) is 0 Å². The lowest BCUT2D eigenvalue weighted by Gasteiger charge is -2.29. The molecule has 0 N–H and O–H groups in total. The average Bonchev–Trinajstić information content (AvgIpc) is 2.76. The predicted octanol–water partition coefficient (Wildman–Crippen LogP) is 8.31. The third-order valence-corrected chi connectivity index (χ3v) is 7.24. The summed E-state index contributed by atoms with van der Waals surface area (Å²) in [5.74, 6) is 2.60. The normalized spacial score (nSPS) is 27.2. The maximum atomic E-state index is 12.3. The van der Waals surface area contributed by atoms with Crippen LogP contribution < -0.4 is 4.74 Å². The van der Waals surface area contributed by atoms with E-state index >= 15 is 0 Å². The first-order valence-corrected chi connectivity index (χ1v) is 11.8. The monoisotopic (exact) mass is 433 g/mol. The van der Waals surface area contributed by atoms with Gasteiger partial charge in [-0.1, -0.05) is 43.9 Å². The lowest BCUT2D eigenvalue weighted by atomic mass is 9.76. The summed E-state index contributed by atoms with van der Waals surface area (Å²) in [7, 11) is 0. The summed E-state index contributed by atoms with van der Waals surface area (Å²) in [6, 6.07) is 8.54. The van der Waals surface area contributed by atoms with E-state index in [9.17, 15) is 13.2 Å². The maximum absolute atomic E-state index is 12.3. The van der Waals surface area contributed by atoms with Crippen LogP contribution in [0.4, 0.5) is 13.2 Å². The molecule has 0 spiro atoms. The Labute approximate surface area is 184 Å². The van der Waals surface area contributed by atoms with Crippen molar-refractivity contribution in [2.75, 3.05) is 0 Å². The van der Waals surface area contributed by atoms with Gasteiger partial charge in [-0.25, -0.2) is 0 Å². The van der Waals surface area contributed by atoms with Crippen LogP contribution in [-0.4, -0.2) is 6.36 Å². The molecule has 1 aromatic rings. The predicted molar refractivity (Wildman–Crippen MR) is 116 cm³/mol. The van der Waals surface area contributed by atoms with Gasteiger partial charge in [0, 0.05) is 6.08 Å². The number of allylic oxidation sites excluding steroid dienone is 2. The summed E-state index contributed by atoms with van der Waals surface area (Å²) >= 11 is 0. The van der Waals surface area contributed by atoms with Crippen molar-refractivity contribution in [2.45, 2.75) is 89.3 Å². The molecule has 2 nitrogen and oxygen atoms in total.